The zero-order chi connectivity index (χ0) is 7.54. The highest BCUT2D eigenvalue weighted by molar-refractivity contribution is 4.73. The number of allylic oxidation sites excluding steroid dienone is 2. The van der Waals surface area contributed by atoms with Gasteiger partial charge in [-0.2, -0.15) is 0 Å². The molecule has 0 bridgehead atoms. The fourth-order valence-electron chi connectivity index (χ4n) is 0.202. The molecule has 1 nitrogen and oxygen atoms in total. The molecule has 0 unspecified atom stereocenters. The maximum absolute atomic E-state index is 4.77. The average Bonchev–Trinajstić information content (AvgIpc) is 1.94. The molecule has 0 aromatic rings. The van der Waals surface area contributed by atoms with E-state index in [9.17, 15) is 0 Å². The summed E-state index contributed by atoms with van der Waals surface area (Å²) < 4.78 is 4.77. The van der Waals surface area contributed by atoms with Gasteiger partial charge in [0, 0.05) is 0 Å². The van der Waals surface area contributed by atoms with Gasteiger partial charge in [-0.3, -0.25) is 0 Å². The van der Waals surface area contributed by atoms with Crippen molar-refractivity contribution in [3.8, 4) is 0 Å². The Hall–Kier alpha value is -0.980. The second-order valence-corrected chi connectivity index (χ2v) is 1.07. The van der Waals surface area contributed by atoms with Crippen LogP contribution in [-0.2, 0) is 4.74 Å². The van der Waals surface area contributed by atoms with Crippen LogP contribution in [0.3, 0.4) is 0 Å². The zero-order valence-electron chi connectivity index (χ0n) is 6.13. The second-order valence-electron chi connectivity index (χ2n) is 1.07. The van der Waals surface area contributed by atoms with Crippen molar-refractivity contribution >= 4 is 0 Å². The van der Waals surface area contributed by atoms with Crippen molar-refractivity contribution in [1.82, 2.24) is 0 Å². The fraction of sp³-hybridized carbons (Fsp3) is 0.250. The third kappa shape index (κ3) is 19.4. The van der Waals surface area contributed by atoms with Crippen LogP contribution in [0.2, 0.25) is 0 Å². The van der Waals surface area contributed by atoms with Crippen LogP contribution in [0.15, 0.2) is 37.8 Å². The van der Waals surface area contributed by atoms with Gasteiger partial charge in [-0.25, -0.2) is 0 Å². The summed E-state index contributed by atoms with van der Waals surface area (Å²) in [5.41, 5.74) is 0. The quantitative estimate of drug-likeness (QED) is 0.408. The monoisotopic (exact) mass is 126 g/mol. The second kappa shape index (κ2) is 15.7. The van der Waals surface area contributed by atoms with E-state index in [0.29, 0.717) is 0 Å². The summed E-state index contributed by atoms with van der Waals surface area (Å²) >= 11 is 0. The Bertz CT molecular complexity index is 72.6. The van der Waals surface area contributed by atoms with Crippen LogP contribution in [-0.4, -0.2) is 0 Å². The fourth-order valence-corrected chi connectivity index (χ4v) is 0.202. The highest BCUT2D eigenvalue weighted by atomic mass is 16.5. The minimum absolute atomic E-state index is 1.62. The maximum atomic E-state index is 4.77. The Kier molecular flexibility index (Phi) is 19.1. The Morgan fingerprint density at radius 2 is 1.33 bits per heavy atom. The third-order valence-electron chi connectivity index (χ3n) is 0.429. The minimum Gasteiger partial charge on any atom is -0.473 e. The minimum atomic E-state index is 1.62. The Morgan fingerprint density at radius 3 is 1.56 bits per heavy atom. The normalized spacial score (nSPS) is 9.11. The first-order valence-corrected chi connectivity index (χ1v) is 2.79. The molecule has 0 amide bonds. The van der Waals surface area contributed by atoms with E-state index in [1.807, 2.05) is 26.0 Å². The van der Waals surface area contributed by atoms with Crippen LogP contribution >= 0.6 is 0 Å². The van der Waals surface area contributed by atoms with Crippen molar-refractivity contribution in [3.05, 3.63) is 37.8 Å². The molecular formula is C8H14O. The summed E-state index contributed by atoms with van der Waals surface area (Å²) in [6, 6.07) is 0. The van der Waals surface area contributed by atoms with Crippen LogP contribution < -0.4 is 0 Å². The molecule has 0 aliphatic carbocycles. The standard InChI is InChI=1S/C6H10O.C2H4/c1-3-5-7-6-4-2;1-2/h3-6H,1-2H3;1-2H2. The number of hydrogen-bond donors (Lipinski definition) is 0. The van der Waals surface area contributed by atoms with Gasteiger partial charge in [0.25, 0.3) is 0 Å². The number of hydrogen-bond acceptors (Lipinski definition) is 1. The van der Waals surface area contributed by atoms with Gasteiger partial charge in [0.15, 0.2) is 0 Å². The first-order valence-electron chi connectivity index (χ1n) is 2.79. The summed E-state index contributed by atoms with van der Waals surface area (Å²) in [7, 11) is 0. The lowest BCUT2D eigenvalue weighted by Gasteiger charge is -1.82. The summed E-state index contributed by atoms with van der Waals surface area (Å²) in [6.45, 7) is 9.81. The lowest BCUT2D eigenvalue weighted by molar-refractivity contribution is 0.401. The highest BCUT2D eigenvalue weighted by Gasteiger charge is 1.57. The Morgan fingerprint density at radius 1 is 1.00 bits per heavy atom. The van der Waals surface area contributed by atoms with Crippen molar-refractivity contribution < 1.29 is 4.74 Å². The van der Waals surface area contributed by atoms with E-state index in [1.165, 1.54) is 0 Å². The molecule has 0 aliphatic heterocycles. The third-order valence-corrected chi connectivity index (χ3v) is 0.429. The molecule has 0 radical (unpaired) electrons. The van der Waals surface area contributed by atoms with Gasteiger partial charge in [0.05, 0.1) is 12.5 Å². The molecule has 1 heteroatoms. The molecule has 0 saturated carbocycles. The van der Waals surface area contributed by atoms with E-state index >= 15 is 0 Å². The molecule has 0 aliphatic rings. The summed E-state index contributed by atoms with van der Waals surface area (Å²) in [4.78, 5) is 0. The maximum Gasteiger partial charge on any atom is 0.0858 e. The van der Waals surface area contributed by atoms with Crippen molar-refractivity contribution in [1.29, 1.82) is 0 Å². The largest absolute Gasteiger partial charge is 0.473 e. The molecule has 0 rings (SSSR count). The summed E-state index contributed by atoms with van der Waals surface area (Å²) in [6.07, 6.45) is 6.92. The van der Waals surface area contributed by atoms with E-state index in [1.54, 1.807) is 12.5 Å². The molecule has 0 N–H and O–H groups in total. The first kappa shape index (κ1) is 10.9. The zero-order valence-corrected chi connectivity index (χ0v) is 6.13. The first-order chi connectivity index (χ1) is 4.41. The van der Waals surface area contributed by atoms with E-state index < -0.39 is 0 Å². The Labute approximate surface area is 57.3 Å². The van der Waals surface area contributed by atoms with Gasteiger partial charge >= 0.3 is 0 Å². The van der Waals surface area contributed by atoms with Crippen molar-refractivity contribution in [2.24, 2.45) is 0 Å². The van der Waals surface area contributed by atoms with Crippen LogP contribution in [0.25, 0.3) is 0 Å². The summed E-state index contributed by atoms with van der Waals surface area (Å²) in [5.74, 6) is 0. The molecule has 0 aromatic heterocycles. The molecular weight excluding hydrogens is 112 g/mol. The van der Waals surface area contributed by atoms with Crippen LogP contribution in [0.5, 0.6) is 0 Å². The molecule has 0 fully saturated rings. The van der Waals surface area contributed by atoms with Crippen molar-refractivity contribution in [2.75, 3.05) is 0 Å². The van der Waals surface area contributed by atoms with Gasteiger partial charge in [0.2, 0.25) is 0 Å². The van der Waals surface area contributed by atoms with Gasteiger partial charge < -0.3 is 4.74 Å². The van der Waals surface area contributed by atoms with Gasteiger partial charge in [-0.15, -0.1) is 13.2 Å². The molecule has 0 heterocycles. The number of ether oxygens (including phenoxy) is 1. The van der Waals surface area contributed by atoms with Crippen molar-refractivity contribution in [3.63, 3.8) is 0 Å². The predicted molar refractivity (Wildman–Crippen MR) is 42.0 cm³/mol. The van der Waals surface area contributed by atoms with E-state index in [0.717, 1.165) is 0 Å². The van der Waals surface area contributed by atoms with Crippen LogP contribution in [0, 0.1) is 0 Å². The van der Waals surface area contributed by atoms with Crippen molar-refractivity contribution in [2.45, 2.75) is 13.8 Å². The SMILES string of the molecule is C=C.CC=COC=CC. The van der Waals surface area contributed by atoms with Gasteiger partial charge in [0.1, 0.15) is 0 Å². The topological polar surface area (TPSA) is 9.23 Å². The molecule has 0 atom stereocenters. The van der Waals surface area contributed by atoms with E-state index in [2.05, 4.69) is 13.2 Å². The average molecular weight is 126 g/mol. The van der Waals surface area contributed by atoms with E-state index in [4.69, 9.17) is 4.74 Å². The molecule has 0 spiro atoms. The molecule has 0 saturated heterocycles. The molecule has 0 aromatic carbocycles. The van der Waals surface area contributed by atoms with Gasteiger partial charge in [-0.1, -0.05) is 12.2 Å². The lowest BCUT2D eigenvalue weighted by atomic mass is 10.7. The van der Waals surface area contributed by atoms with Crippen LogP contribution in [0.1, 0.15) is 13.8 Å². The van der Waals surface area contributed by atoms with Gasteiger partial charge in [-0.05, 0) is 13.8 Å². The summed E-state index contributed by atoms with van der Waals surface area (Å²) in [5, 5.41) is 0. The van der Waals surface area contributed by atoms with E-state index in [-0.39, 0.29) is 0 Å². The highest BCUT2D eigenvalue weighted by Crippen LogP contribution is 1.76. The molecule has 9 heavy (non-hydrogen) atoms. The molecule has 52 valence electrons. The Balaban J connectivity index is 0. The predicted octanol–water partition coefficient (Wildman–Crippen LogP) is 2.87. The smallest absolute Gasteiger partial charge is 0.0858 e. The lowest BCUT2D eigenvalue weighted by Crippen LogP contribution is -1.59. The number of rotatable bonds is 2. The van der Waals surface area contributed by atoms with Crippen LogP contribution in [0.4, 0.5) is 0 Å².